The van der Waals surface area contributed by atoms with E-state index in [4.69, 9.17) is 4.74 Å². The molecule has 4 rings (SSSR count). The lowest BCUT2D eigenvalue weighted by Crippen LogP contribution is -2.60. The third kappa shape index (κ3) is 5.25. The van der Waals surface area contributed by atoms with E-state index in [2.05, 4.69) is 25.0 Å². The number of ether oxygens (including phenoxy) is 1. The minimum Gasteiger partial charge on any atom is -0.394 e. The number of morpholine rings is 1. The van der Waals surface area contributed by atoms with Crippen LogP contribution >= 0.6 is 11.8 Å². The fourth-order valence-electron chi connectivity index (χ4n) is 7.44. The van der Waals surface area contributed by atoms with Crippen LogP contribution in [0, 0.1) is 23.7 Å². The van der Waals surface area contributed by atoms with Crippen molar-refractivity contribution in [2.75, 3.05) is 66.1 Å². The van der Waals surface area contributed by atoms with Gasteiger partial charge in [-0.3, -0.25) is 19.3 Å². The molecule has 224 valence electrons. The lowest BCUT2D eigenvalue weighted by Gasteiger charge is -2.43. The highest BCUT2D eigenvalue weighted by atomic mass is 32.2. The number of rotatable bonds is 13. The minimum atomic E-state index is -0.742. The van der Waals surface area contributed by atoms with Gasteiger partial charge in [-0.25, -0.2) is 0 Å². The Morgan fingerprint density at radius 1 is 1.23 bits per heavy atom. The van der Waals surface area contributed by atoms with Gasteiger partial charge in [0.1, 0.15) is 6.04 Å². The molecular formula is C30H48N4O5S. The molecule has 8 atom stereocenters. The first-order valence-corrected chi connectivity index (χ1v) is 15.7. The molecule has 4 aliphatic heterocycles. The topological polar surface area (TPSA) is 93.6 Å². The van der Waals surface area contributed by atoms with E-state index in [1.165, 1.54) is 0 Å². The molecule has 0 saturated carbocycles. The maximum atomic E-state index is 14.7. The summed E-state index contributed by atoms with van der Waals surface area (Å²) in [5.74, 6) is -1.33. The third-order valence-corrected chi connectivity index (χ3v) is 11.9. The average molecular weight is 577 g/mol. The normalized spacial score (nSPS) is 33.0. The van der Waals surface area contributed by atoms with Gasteiger partial charge in [-0.2, -0.15) is 0 Å². The summed E-state index contributed by atoms with van der Waals surface area (Å²) < 4.78 is 4.77. The number of nitrogens with zero attached hydrogens (tertiary/aromatic N) is 4. The average Bonchev–Trinajstić information content (AvgIpc) is 3.55. The molecule has 10 heteroatoms. The van der Waals surface area contributed by atoms with Crippen molar-refractivity contribution < 1.29 is 24.2 Å². The second-order valence-corrected chi connectivity index (χ2v) is 13.5. The molecule has 0 radical (unpaired) electrons. The van der Waals surface area contributed by atoms with Crippen molar-refractivity contribution in [3.63, 3.8) is 0 Å². The number of carbonyl (C=O) groups excluding carboxylic acids is 3. The van der Waals surface area contributed by atoms with Crippen LogP contribution in [0.2, 0.25) is 0 Å². The second-order valence-electron chi connectivity index (χ2n) is 12.0. The molecule has 1 N–H and O–H groups in total. The Kier molecular flexibility index (Phi) is 10.1. The van der Waals surface area contributed by atoms with Gasteiger partial charge >= 0.3 is 0 Å². The van der Waals surface area contributed by atoms with Crippen molar-refractivity contribution in [3.05, 3.63) is 25.3 Å². The van der Waals surface area contributed by atoms with E-state index in [0.29, 0.717) is 39.4 Å². The zero-order chi connectivity index (χ0) is 29.2. The van der Waals surface area contributed by atoms with Crippen LogP contribution < -0.4 is 0 Å². The smallest absolute Gasteiger partial charge is 0.247 e. The van der Waals surface area contributed by atoms with Gasteiger partial charge in [-0.05, 0) is 18.3 Å². The number of likely N-dealkylation sites (N-methyl/N-ethyl adjacent to an activating group) is 1. The molecule has 1 spiro atoms. The van der Waals surface area contributed by atoms with Gasteiger partial charge < -0.3 is 24.5 Å². The number of amides is 3. The molecule has 0 aromatic carbocycles. The summed E-state index contributed by atoms with van der Waals surface area (Å²) in [5, 5.41) is 10.6. The van der Waals surface area contributed by atoms with E-state index in [9.17, 15) is 19.5 Å². The quantitative estimate of drug-likeness (QED) is 0.334. The minimum absolute atomic E-state index is 0.00391. The van der Waals surface area contributed by atoms with Gasteiger partial charge in [0.25, 0.3) is 0 Å². The molecule has 0 aliphatic carbocycles. The summed E-state index contributed by atoms with van der Waals surface area (Å²) >= 11 is 1.68. The Labute approximate surface area is 243 Å². The summed E-state index contributed by atoms with van der Waals surface area (Å²) in [7, 11) is 1.75. The predicted octanol–water partition coefficient (Wildman–Crippen LogP) is 1.72. The van der Waals surface area contributed by atoms with Crippen LogP contribution in [0.25, 0.3) is 0 Å². The molecule has 4 aliphatic rings. The second kappa shape index (κ2) is 13.0. The van der Waals surface area contributed by atoms with E-state index >= 15 is 0 Å². The molecule has 2 bridgehead atoms. The van der Waals surface area contributed by atoms with E-state index < -0.39 is 28.7 Å². The maximum absolute atomic E-state index is 14.7. The fourth-order valence-corrected chi connectivity index (χ4v) is 9.83. The number of aliphatic hydroxyl groups is 1. The van der Waals surface area contributed by atoms with Gasteiger partial charge in [-0.1, -0.05) is 39.3 Å². The Hall–Kier alpha value is -1.88. The Bertz CT molecular complexity index is 974. The van der Waals surface area contributed by atoms with Crippen LogP contribution in [0.15, 0.2) is 25.3 Å². The summed E-state index contributed by atoms with van der Waals surface area (Å²) in [4.78, 5) is 50.5. The lowest BCUT2D eigenvalue weighted by molar-refractivity contribution is -0.148. The highest BCUT2D eigenvalue weighted by Gasteiger charge is 2.77. The monoisotopic (exact) mass is 576 g/mol. The molecule has 4 saturated heterocycles. The highest BCUT2D eigenvalue weighted by molar-refractivity contribution is 8.02. The number of fused-ring (bicyclic) bond motifs is 1. The zero-order valence-electron chi connectivity index (χ0n) is 24.7. The van der Waals surface area contributed by atoms with Crippen molar-refractivity contribution in [1.29, 1.82) is 0 Å². The molecule has 3 amide bonds. The van der Waals surface area contributed by atoms with Crippen LogP contribution in [0.3, 0.4) is 0 Å². The Morgan fingerprint density at radius 2 is 1.90 bits per heavy atom. The highest BCUT2D eigenvalue weighted by Crippen LogP contribution is 2.69. The summed E-state index contributed by atoms with van der Waals surface area (Å²) in [5.41, 5.74) is 0. The summed E-state index contributed by atoms with van der Waals surface area (Å²) in [6, 6.07) is -1.24. The van der Waals surface area contributed by atoms with E-state index in [1.54, 1.807) is 40.8 Å². The SMILES string of the molecule is C=CCN(C)C(=O)[C@@H]1[C@H]2C(=O)N([C@@H](CO)[C@@H](C)CC)C(C(=O)N(CC=C)CCN3CCOCC3)C23S[C@@H]1CC3C. The third-order valence-electron chi connectivity index (χ3n) is 9.78. The molecule has 40 heavy (non-hydrogen) atoms. The Morgan fingerprint density at radius 3 is 2.50 bits per heavy atom. The van der Waals surface area contributed by atoms with E-state index in [-0.39, 0.29) is 41.4 Å². The van der Waals surface area contributed by atoms with E-state index in [1.807, 2.05) is 18.7 Å². The van der Waals surface area contributed by atoms with Crippen LogP contribution in [0.4, 0.5) is 0 Å². The van der Waals surface area contributed by atoms with Crippen LogP contribution in [-0.4, -0.2) is 131 Å². The van der Waals surface area contributed by atoms with Gasteiger partial charge in [0.2, 0.25) is 17.7 Å². The maximum Gasteiger partial charge on any atom is 0.247 e. The fraction of sp³-hybridized carbons (Fsp3) is 0.767. The van der Waals surface area contributed by atoms with Crippen molar-refractivity contribution in [3.8, 4) is 0 Å². The lowest BCUT2D eigenvalue weighted by atomic mass is 9.65. The van der Waals surface area contributed by atoms with Crippen LogP contribution in [0.5, 0.6) is 0 Å². The van der Waals surface area contributed by atoms with Gasteiger partial charge in [-0.15, -0.1) is 24.9 Å². The predicted molar refractivity (Wildman–Crippen MR) is 158 cm³/mol. The number of hydrogen-bond donors (Lipinski definition) is 1. The van der Waals surface area contributed by atoms with Gasteiger partial charge in [0, 0.05) is 51.6 Å². The van der Waals surface area contributed by atoms with Gasteiger partial charge in [0.15, 0.2) is 0 Å². The molecule has 3 unspecified atom stereocenters. The zero-order valence-corrected chi connectivity index (χ0v) is 25.5. The molecule has 4 heterocycles. The van der Waals surface area contributed by atoms with Crippen molar-refractivity contribution in [1.82, 2.24) is 19.6 Å². The number of aliphatic hydroxyl groups excluding tert-OH is 1. The van der Waals surface area contributed by atoms with Crippen LogP contribution in [0.1, 0.15) is 33.6 Å². The first-order valence-electron chi connectivity index (χ1n) is 14.8. The van der Waals surface area contributed by atoms with Crippen molar-refractivity contribution >= 4 is 29.5 Å². The van der Waals surface area contributed by atoms with Gasteiger partial charge in [0.05, 0.1) is 42.4 Å². The molecular weight excluding hydrogens is 528 g/mol. The number of likely N-dealkylation sites (tertiary alicyclic amines) is 1. The first kappa shape index (κ1) is 31.1. The largest absolute Gasteiger partial charge is 0.394 e. The number of hydrogen-bond acceptors (Lipinski definition) is 7. The number of thioether (sulfide) groups is 1. The molecule has 0 aromatic heterocycles. The molecule has 4 fully saturated rings. The van der Waals surface area contributed by atoms with E-state index in [0.717, 1.165) is 25.9 Å². The standard InChI is InChI=1S/C30H48N4O5S/c1-7-10-31(6)27(36)24-23-18-21(5)30(40-23)25(24)28(37)34(22(19-35)20(4)9-3)26(30)29(38)33(11-8-2)13-12-32-14-16-39-17-15-32/h7-8,20-26,35H,1-2,9-19H2,3-6H3/t20-,21?,22-,23+,24-,25-,26?,30?/m0/s1. The van der Waals surface area contributed by atoms with Crippen molar-refractivity contribution in [2.45, 2.75) is 55.7 Å². The first-order chi connectivity index (χ1) is 19.2. The summed E-state index contributed by atoms with van der Waals surface area (Å²) in [6.07, 6.45) is 4.98. The number of carbonyl (C=O) groups is 3. The van der Waals surface area contributed by atoms with Crippen LogP contribution in [-0.2, 0) is 19.1 Å². The Balaban J connectivity index is 1.74. The molecule has 0 aromatic rings. The van der Waals surface area contributed by atoms with Crippen molar-refractivity contribution in [2.24, 2.45) is 23.7 Å². The molecule has 9 nitrogen and oxygen atoms in total. The summed E-state index contributed by atoms with van der Waals surface area (Å²) in [6.45, 7) is 18.7.